The van der Waals surface area contributed by atoms with Crippen molar-refractivity contribution in [3.63, 3.8) is 0 Å². The van der Waals surface area contributed by atoms with Crippen LogP contribution in [-0.2, 0) is 0 Å². The Morgan fingerprint density at radius 1 is 0.806 bits per heavy atom. The summed E-state index contributed by atoms with van der Waals surface area (Å²) < 4.78 is 6.30. The molecule has 0 saturated heterocycles. The molecule has 4 heteroatoms. The molecule has 3 aromatic carbocycles. The van der Waals surface area contributed by atoms with E-state index >= 15 is 0 Å². The summed E-state index contributed by atoms with van der Waals surface area (Å²) in [4.78, 5) is 4.67. The van der Waals surface area contributed by atoms with Gasteiger partial charge in [0, 0.05) is 22.4 Å². The molecule has 0 amide bonds. The molecule has 5 aromatic rings. The molecule has 0 fully saturated rings. The molecule has 0 aliphatic heterocycles. The standard InChI is InChI=1S/C27H23N3O/c1-17-8-10-21(11-9-17)24-16-23(27-19(3)14-18(2)15-25(27)31-24)29-30-26-13-12-20-6-4-5-7-22(20)28-26/h4-16H,1-3H3,(H,28,30). The smallest absolute Gasteiger partial charge is 0.146 e. The van der Waals surface area contributed by atoms with Crippen molar-refractivity contribution in [2.24, 2.45) is 5.10 Å². The Balaban J connectivity index is 1.66. The molecule has 0 unspecified atom stereocenters. The van der Waals surface area contributed by atoms with Crippen LogP contribution in [0.1, 0.15) is 16.7 Å². The zero-order valence-electron chi connectivity index (χ0n) is 17.8. The average molecular weight is 406 g/mol. The number of aromatic nitrogens is 1. The first-order valence-corrected chi connectivity index (χ1v) is 10.3. The van der Waals surface area contributed by atoms with Crippen LogP contribution < -0.4 is 10.8 Å². The van der Waals surface area contributed by atoms with Crippen molar-refractivity contribution in [3.05, 3.63) is 101 Å². The molecule has 152 valence electrons. The van der Waals surface area contributed by atoms with E-state index in [2.05, 4.69) is 73.6 Å². The van der Waals surface area contributed by atoms with E-state index in [0.29, 0.717) is 5.82 Å². The van der Waals surface area contributed by atoms with Crippen LogP contribution in [0.25, 0.3) is 33.2 Å². The van der Waals surface area contributed by atoms with Gasteiger partial charge in [0.1, 0.15) is 17.2 Å². The molecular formula is C27H23N3O. The van der Waals surface area contributed by atoms with Crippen LogP contribution in [0, 0.1) is 20.8 Å². The van der Waals surface area contributed by atoms with E-state index in [0.717, 1.165) is 49.7 Å². The molecule has 0 aliphatic carbocycles. The highest BCUT2D eigenvalue weighted by atomic mass is 16.3. The van der Waals surface area contributed by atoms with E-state index < -0.39 is 0 Å². The minimum atomic E-state index is 0.703. The summed E-state index contributed by atoms with van der Waals surface area (Å²) in [6, 6.07) is 26.6. The van der Waals surface area contributed by atoms with Gasteiger partial charge in [0.15, 0.2) is 0 Å². The highest BCUT2D eigenvalue weighted by molar-refractivity contribution is 5.83. The number of hydrogen-bond acceptors (Lipinski definition) is 4. The van der Waals surface area contributed by atoms with Crippen LogP contribution in [-0.4, -0.2) is 4.98 Å². The van der Waals surface area contributed by atoms with Crippen LogP contribution in [0.15, 0.2) is 88.4 Å². The molecule has 0 spiro atoms. The molecule has 0 aliphatic rings. The van der Waals surface area contributed by atoms with E-state index in [4.69, 9.17) is 9.52 Å². The second-order valence-corrected chi connectivity index (χ2v) is 7.93. The fraction of sp³-hybridized carbons (Fsp3) is 0.111. The van der Waals surface area contributed by atoms with E-state index in [1.807, 2.05) is 36.4 Å². The number of nitrogens with zero attached hydrogens (tertiary/aromatic N) is 2. The molecule has 0 radical (unpaired) electrons. The summed E-state index contributed by atoms with van der Waals surface area (Å²) in [7, 11) is 0. The van der Waals surface area contributed by atoms with Crippen molar-refractivity contribution in [1.82, 2.24) is 4.98 Å². The maximum Gasteiger partial charge on any atom is 0.146 e. The number of pyridine rings is 1. The zero-order valence-corrected chi connectivity index (χ0v) is 17.8. The SMILES string of the molecule is Cc1ccc(-c2cc(=NNc3ccc4ccccc4n3)c3c(C)cc(C)cc3o2)cc1. The van der Waals surface area contributed by atoms with Gasteiger partial charge in [-0.05, 0) is 56.2 Å². The van der Waals surface area contributed by atoms with Gasteiger partial charge in [-0.25, -0.2) is 4.98 Å². The number of para-hydroxylation sites is 1. The van der Waals surface area contributed by atoms with Crippen LogP contribution >= 0.6 is 0 Å². The number of aryl methyl sites for hydroxylation is 3. The normalized spacial score (nSPS) is 11.9. The number of fused-ring (bicyclic) bond motifs is 2. The first kappa shape index (κ1) is 19.1. The highest BCUT2D eigenvalue weighted by Gasteiger charge is 2.09. The third-order valence-electron chi connectivity index (χ3n) is 5.41. The number of anilines is 1. The number of rotatable bonds is 3. The number of benzene rings is 3. The quantitative estimate of drug-likeness (QED) is 0.349. The molecule has 5 rings (SSSR count). The maximum atomic E-state index is 6.30. The fourth-order valence-corrected chi connectivity index (χ4v) is 3.88. The van der Waals surface area contributed by atoms with E-state index in [1.165, 1.54) is 5.56 Å². The Bertz CT molecular complexity index is 1480. The van der Waals surface area contributed by atoms with Gasteiger partial charge >= 0.3 is 0 Å². The highest BCUT2D eigenvalue weighted by Crippen LogP contribution is 2.25. The number of nitrogens with one attached hydrogen (secondary N) is 1. The van der Waals surface area contributed by atoms with Crippen LogP contribution in [0.4, 0.5) is 5.82 Å². The van der Waals surface area contributed by atoms with Crippen LogP contribution in [0.5, 0.6) is 0 Å². The van der Waals surface area contributed by atoms with Crippen molar-refractivity contribution in [2.75, 3.05) is 5.43 Å². The molecule has 0 saturated carbocycles. The minimum absolute atomic E-state index is 0.703. The van der Waals surface area contributed by atoms with Gasteiger partial charge in [0.05, 0.1) is 10.9 Å². The molecule has 0 bridgehead atoms. The van der Waals surface area contributed by atoms with Crippen molar-refractivity contribution in [2.45, 2.75) is 20.8 Å². The number of hydrogen-bond donors (Lipinski definition) is 1. The summed E-state index contributed by atoms with van der Waals surface area (Å²) in [5.41, 5.74) is 9.42. The first-order valence-electron chi connectivity index (χ1n) is 10.3. The lowest BCUT2D eigenvalue weighted by Gasteiger charge is -2.09. The minimum Gasteiger partial charge on any atom is -0.456 e. The largest absolute Gasteiger partial charge is 0.456 e. The Morgan fingerprint density at radius 2 is 1.61 bits per heavy atom. The van der Waals surface area contributed by atoms with Gasteiger partial charge in [0.25, 0.3) is 0 Å². The van der Waals surface area contributed by atoms with E-state index in [9.17, 15) is 0 Å². The summed E-state index contributed by atoms with van der Waals surface area (Å²) in [6.45, 7) is 6.24. The van der Waals surface area contributed by atoms with E-state index in [1.54, 1.807) is 0 Å². The lowest BCUT2D eigenvalue weighted by atomic mass is 10.0. The molecule has 1 N–H and O–H groups in total. The van der Waals surface area contributed by atoms with Gasteiger partial charge in [-0.2, -0.15) is 5.10 Å². The van der Waals surface area contributed by atoms with Crippen molar-refractivity contribution in [3.8, 4) is 11.3 Å². The Labute approximate surface area is 180 Å². The average Bonchev–Trinajstić information content (AvgIpc) is 2.77. The lowest BCUT2D eigenvalue weighted by Crippen LogP contribution is -2.09. The molecule has 31 heavy (non-hydrogen) atoms. The zero-order chi connectivity index (χ0) is 21.4. The van der Waals surface area contributed by atoms with Gasteiger partial charge in [-0.3, -0.25) is 5.43 Å². The van der Waals surface area contributed by atoms with Gasteiger partial charge in [-0.1, -0.05) is 54.1 Å². The fourth-order valence-electron chi connectivity index (χ4n) is 3.88. The third kappa shape index (κ3) is 3.80. The first-order chi connectivity index (χ1) is 15.1. The maximum absolute atomic E-state index is 6.30. The second-order valence-electron chi connectivity index (χ2n) is 7.93. The summed E-state index contributed by atoms with van der Waals surface area (Å²) in [5.74, 6) is 1.49. The Hall–Kier alpha value is -3.92. The Morgan fingerprint density at radius 3 is 2.45 bits per heavy atom. The van der Waals surface area contributed by atoms with Crippen molar-refractivity contribution >= 4 is 27.7 Å². The topological polar surface area (TPSA) is 50.4 Å². The monoisotopic (exact) mass is 405 g/mol. The third-order valence-corrected chi connectivity index (χ3v) is 5.41. The van der Waals surface area contributed by atoms with Gasteiger partial charge < -0.3 is 4.42 Å². The predicted molar refractivity (Wildman–Crippen MR) is 127 cm³/mol. The van der Waals surface area contributed by atoms with E-state index in [-0.39, 0.29) is 0 Å². The predicted octanol–water partition coefficient (Wildman–Crippen LogP) is 6.50. The van der Waals surface area contributed by atoms with Gasteiger partial charge in [0.2, 0.25) is 0 Å². The van der Waals surface area contributed by atoms with Crippen molar-refractivity contribution in [1.29, 1.82) is 0 Å². The van der Waals surface area contributed by atoms with Crippen LogP contribution in [0.3, 0.4) is 0 Å². The summed E-state index contributed by atoms with van der Waals surface area (Å²) in [6.07, 6.45) is 0. The molecule has 2 heterocycles. The second kappa shape index (κ2) is 7.73. The summed E-state index contributed by atoms with van der Waals surface area (Å²) in [5, 5.41) is 7.65. The van der Waals surface area contributed by atoms with Gasteiger partial charge in [-0.15, -0.1) is 0 Å². The Kier molecular flexibility index (Phi) is 4.75. The molecular weight excluding hydrogens is 382 g/mol. The lowest BCUT2D eigenvalue weighted by molar-refractivity contribution is 0.617. The molecule has 4 nitrogen and oxygen atoms in total. The summed E-state index contributed by atoms with van der Waals surface area (Å²) >= 11 is 0. The van der Waals surface area contributed by atoms with Crippen LogP contribution in [0.2, 0.25) is 0 Å². The molecule has 0 atom stereocenters. The van der Waals surface area contributed by atoms with Crippen molar-refractivity contribution < 1.29 is 4.42 Å². The molecule has 2 aromatic heterocycles.